The zero-order valence-corrected chi connectivity index (χ0v) is 11.9. The summed E-state index contributed by atoms with van der Waals surface area (Å²) in [6.07, 6.45) is 1.73. The lowest BCUT2D eigenvalue weighted by atomic mass is 9.91. The molecule has 0 unspecified atom stereocenters. The third kappa shape index (κ3) is 4.49. The Hall–Kier alpha value is -1.35. The highest BCUT2D eigenvalue weighted by molar-refractivity contribution is 5.28. The van der Waals surface area contributed by atoms with Gasteiger partial charge in [-0.2, -0.15) is 0 Å². The number of nitrogens with zero attached hydrogens (tertiary/aromatic N) is 1. The maximum Gasteiger partial charge on any atom is 0.214 e. The summed E-state index contributed by atoms with van der Waals surface area (Å²) >= 11 is 0. The molecule has 100 valence electrons. The molecule has 1 N–H and O–H groups in total. The number of ether oxygens (including phenoxy) is 1. The molecule has 0 spiro atoms. The van der Waals surface area contributed by atoms with Crippen molar-refractivity contribution >= 4 is 0 Å². The van der Waals surface area contributed by atoms with Gasteiger partial charge >= 0.3 is 0 Å². The van der Waals surface area contributed by atoms with E-state index in [4.69, 9.17) is 4.74 Å². The average Bonchev–Trinajstić information content (AvgIpc) is 2.32. The van der Waals surface area contributed by atoms with Crippen LogP contribution in [0.2, 0.25) is 0 Å². The van der Waals surface area contributed by atoms with E-state index in [1.165, 1.54) is 5.56 Å². The zero-order valence-electron chi connectivity index (χ0n) is 11.9. The Labute approximate surface area is 110 Å². The van der Waals surface area contributed by atoms with Crippen molar-refractivity contribution in [3.63, 3.8) is 0 Å². The second-order valence-electron chi connectivity index (χ2n) is 5.33. The second kappa shape index (κ2) is 6.55. The Morgan fingerprint density at radius 1 is 1.39 bits per heavy atom. The lowest BCUT2D eigenvalue weighted by molar-refractivity contribution is 0.344. The minimum atomic E-state index is 0.0223. The largest absolute Gasteiger partial charge is 0.473 e. The second-order valence-corrected chi connectivity index (χ2v) is 5.33. The van der Waals surface area contributed by atoms with E-state index in [1.807, 2.05) is 6.07 Å². The highest BCUT2D eigenvalue weighted by atomic mass is 16.5. The summed E-state index contributed by atoms with van der Waals surface area (Å²) in [5, 5.41) is 3.32. The van der Waals surface area contributed by atoms with E-state index in [2.05, 4.69) is 50.6 Å². The Morgan fingerprint density at radius 3 is 2.67 bits per heavy atom. The zero-order chi connectivity index (χ0) is 13.6. The maximum absolute atomic E-state index is 5.55. The molecule has 0 aliphatic heterocycles. The van der Waals surface area contributed by atoms with E-state index < -0.39 is 0 Å². The van der Waals surface area contributed by atoms with E-state index >= 15 is 0 Å². The van der Waals surface area contributed by atoms with Gasteiger partial charge in [-0.25, -0.2) is 4.98 Å². The Balaban J connectivity index is 2.99. The van der Waals surface area contributed by atoms with E-state index in [0.29, 0.717) is 12.5 Å². The van der Waals surface area contributed by atoms with E-state index in [0.717, 1.165) is 18.8 Å². The first-order chi connectivity index (χ1) is 8.47. The van der Waals surface area contributed by atoms with E-state index in [1.54, 1.807) is 6.08 Å². The Bertz CT molecular complexity index is 394. The fraction of sp³-hybridized carbons (Fsp3) is 0.533. The van der Waals surface area contributed by atoms with E-state index in [-0.39, 0.29) is 5.41 Å². The summed E-state index contributed by atoms with van der Waals surface area (Å²) in [6, 6.07) is 4.13. The lowest BCUT2D eigenvalue weighted by Crippen LogP contribution is -2.17. The average molecular weight is 248 g/mol. The molecule has 0 atom stereocenters. The number of nitrogens with one attached hydrogen (secondary N) is 1. The number of rotatable bonds is 6. The molecule has 1 aromatic heterocycles. The molecular formula is C15H24N2O. The highest BCUT2D eigenvalue weighted by Crippen LogP contribution is 2.24. The van der Waals surface area contributed by atoms with Crippen LogP contribution in [0.15, 0.2) is 24.8 Å². The summed E-state index contributed by atoms with van der Waals surface area (Å²) in [5.74, 6) is 0.676. The molecule has 3 heteroatoms. The van der Waals surface area contributed by atoms with Crippen LogP contribution in [0.25, 0.3) is 0 Å². The molecule has 1 rings (SSSR count). The van der Waals surface area contributed by atoms with Crippen LogP contribution in [-0.2, 0) is 12.0 Å². The van der Waals surface area contributed by atoms with Gasteiger partial charge in [0.05, 0.1) is 5.69 Å². The van der Waals surface area contributed by atoms with Gasteiger partial charge in [-0.1, -0.05) is 40.3 Å². The SMILES string of the molecule is C=CCOc1cc(CNCC)cc(C(C)(C)C)n1. The van der Waals surface area contributed by atoms with Crippen molar-refractivity contribution in [3.05, 3.63) is 36.0 Å². The molecule has 0 aliphatic carbocycles. The number of hydrogen-bond donors (Lipinski definition) is 1. The smallest absolute Gasteiger partial charge is 0.214 e. The van der Waals surface area contributed by atoms with Crippen molar-refractivity contribution in [2.75, 3.05) is 13.2 Å². The maximum atomic E-state index is 5.55. The summed E-state index contributed by atoms with van der Waals surface area (Å²) in [7, 11) is 0. The molecule has 1 aromatic rings. The van der Waals surface area contributed by atoms with Crippen LogP contribution in [0, 0.1) is 0 Å². The molecule has 0 bridgehead atoms. The number of aromatic nitrogens is 1. The van der Waals surface area contributed by atoms with Gasteiger partial charge in [0.2, 0.25) is 5.88 Å². The normalized spacial score (nSPS) is 11.3. The highest BCUT2D eigenvalue weighted by Gasteiger charge is 2.17. The summed E-state index contributed by atoms with van der Waals surface area (Å²) in [5.41, 5.74) is 2.28. The van der Waals surface area contributed by atoms with Crippen molar-refractivity contribution in [2.45, 2.75) is 39.7 Å². The van der Waals surface area contributed by atoms with Gasteiger partial charge < -0.3 is 10.1 Å². The van der Waals surface area contributed by atoms with Crippen molar-refractivity contribution < 1.29 is 4.74 Å². The predicted octanol–water partition coefficient (Wildman–Crippen LogP) is 3.05. The van der Waals surface area contributed by atoms with Gasteiger partial charge in [-0.3, -0.25) is 0 Å². The van der Waals surface area contributed by atoms with Crippen LogP contribution in [0.3, 0.4) is 0 Å². The monoisotopic (exact) mass is 248 g/mol. The van der Waals surface area contributed by atoms with Crippen LogP contribution in [0.5, 0.6) is 5.88 Å². The van der Waals surface area contributed by atoms with Crippen molar-refractivity contribution in [3.8, 4) is 5.88 Å². The predicted molar refractivity (Wildman–Crippen MR) is 76.0 cm³/mol. The first-order valence-corrected chi connectivity index (χ1v) is 6.43. The fourth-order valence-corrected chi connectivity index (χ4v) is 1.53. The molecule has 0 amide bonds. The number of hydrogen-bond acceptors (Lipinski definition) is 3. The lowest BCUT2D eigenvalue weighted by Gasteiger charge is -2.20. The van der Waals surface area contributed by atoms with Crippen LogP contribution in [0.4, 0.5) is 0 Å². The van der Waals surface area contributed by atoms with Gasteiger partial charge in [0.15, 0.2) is 0 Å². The van der Waals surface area contributed by atoms with Gasteiger partial charge in [0.25, 0.3) is 0 Å². The molecule has 0 fully saturated rings. The van der Waals surface area contributed by atoms with Crippen molar-refractivity contribution in [1.82, 2.24) is 10.3 Å². The van der Waals surface area contributed by atoms with Gasteiger partial charge in [0.1, 0.15) is 6.61 Å². The molecule has 0 aliphatic rings. The first kappa shape index (κ1) is 14.7. The molecule has 0 radical (unpaired) electrons. The third-order valence-electron chi connectivity index (χ3n) is 2.56. The van der Waals surface area contributed by atoms with Crippen LogP contribution < -0.4 is 10.1 Å². The van der Waals surface area contributed by atoms with Crippen molar-refractivity contribution in [2.24, 2.45) is 0 Å². The van der Waals surface area contributed by atoms with Crippen LogP contribution in [0.1, 0.15) is 39.0 Å². The summed E-state index contributed by atoms with van der Waals surface area (Å²) in [6.45, 7) is 14.5. The summed E-state index contributed by atoms with van der Waals surface area (Å²) in [4.78, 5) is 4.55. The topological polar surface area (TPSA) is 34.1 Å². The molecule has 0 aromatic carbocycles. The Morgan fingerprint density at radius 2 is 2.11 bits per heavy atom. The molecule has 0 saturated heterocycles. The van der Waals surface area contributed by atoms with Gasteiger partial charge in [-0.15, -0.1) is 0 Å². The summed E-state index contributed by atoms with van der Waals surface area (Å²) < 4.78 is 5.55. The third-order valence-corrected chi connectivity index (χ3v) is 2.56. The minimum Gasteiger partial charge on any atom is -0.473 e. The fourth-order valence-electron chi connectivity index (χ4n) is 1.53. The van der Waals surface area contributed by atoms with Crippen LogP contribution >= 0.6 is 0 Å². The van der Waals surface area contributed by atoms with Gasteiger partial charge in [-0.05, 0) is 18.2 Å². The number of pyridine rings is 1. The molecule has 0 saturated carbocycles. The van der Waals surface area contributed by atoms with Crippen LogP contribution in [-0.4, -0.2) is 18.1 Å². The molecule has 3 nitrogen and oxygen atoms in total. The Kier molecular flexibility index (Phi) is 5.35. The molecule has 18 heavy (non-hydrogen) atoms. The quantitative estimate of drug-likeness (QED) is 0.786. The molecular weight excluding hydrogens is 224 g/mol. The van der Waals surface area contributed by atoms with E-state index in [9.17, 15) is 0 Å². The first-order valence-electron chi connectivity index (χ1n) is 6.43. The van der Waals surface area contributed by atoms with Gasteiger partial charge in [0, 0.05) is 18.0 Å². The minimum absolute atomic E-state index is 0.0223. The standard InChI is InChI=1S/C15H24N2O/c1-6-8-18-14-10-12(11-16-7-2)9-13(17-14)15(3,4)5/h6,9-10,16H,1,7-8,11H2,2-5H3. The van der Waals surface area contributed by atoms with Crippen molar-refractivity contribution in [1.29, 1.82) is 0 Å². The molecule has 1 heterocycles.